The number of rotatable bonds is 5. The van der Waals surface area contributed by atoms with E-state index in [4.69, 9.17) is 4.42 Å². The molecule has 6 aliphatic rings. The highest BCUT2D eigenvalue weighted by Crippen LogP contribution is 2.84. The summed E-state index contributed by atoms with van der Waals surface area (Å²) in [5.41, 5.74) is 17.1. The quantitative estimate of drug-likeness (QED) is 0.177. The standard InChI is InChI=1S/C53H41NO/c1-2-8-34(9-3-1)35-14-19-40(20-15-35)54(42-23-25-46-45-11-5-7-13-50(45)55-51(46)30-42)41-21-16-36(17-22-41)37-18-24-44-43-10-4-6-12-47(43)53(49(44)28-37)39-27-33-26-38-32-52(53,31-33)48(38)29-39/h1-25,28,30,33,38-39,48H,26-27,29,31-32H2. The van der Waals surface area contributed by atoms with Crippen molar-refractivity contribution in [3.63, 3.8) is 0 Å². The van der Waals surface area contributed by atoms with E-state index in [1.165, 1.54) is 65.5 Å². The van der Waals surface area contributed by atoms with Crippen LogP contribution in [0.15, 0.2) is 168 Å². The van der Waals surface area contributed by atoms with Crippen molar-refractivity contribution >= 4 is 39.0 Å². The maximum Gasteiger partial charge on any atom is 0.137 e. The molecule has 2 nitrogen and oxygen atoms in total. The van der Waals surface area contributed by atoms with Gasteiger partial charge in [0.25, 0.3) is 0 Å². The van der Waals surface area contributed by atoms with Crippen LogP contribution in [0.5, 0.6) is 0 Å². The summed E-state index contributed by atoms with van der Waals surface area (Å²) in [7, 11) is 0. The SMILES string of the molecule is c1ccc(-c2ccc(N(c3ccc(-c4ccc5c(c4)C4(c6ccccc6-5)C5CC6CC7CC4(C6)C7C5)cc3)c3ccc4c(c3)oc3ccccc34)cc2)cc1. The predicted octanol–water partition coefficient (Wildman–Crippen LogP) is 14.1. The first-order valence-corrected chi connectivity index (χ1v) is 20.4. The minimum Gasteiger partial charge on any atom is -0.456 e. The number of anilines is 3. The third-order valence-corrected chi connectivity index (χ3v) is 15.1. The van der Waals surface area contributed by atoms with E-state index < -0.39 is 0 Å². The van der Waals surface area contributed by atoms with Crippen LogP contribution in [0.2, 0.25) is 0 Å². The number of hydrogen-bond acceptors (Lipinski definition) is 2. The number of fused-ring (bicyclic) bond motifs is 6. The van der Waals surface area contributed by atoms with Crippen molar-refractivity contribution in [2.45, 2.75) is 37.5 Å². The fraction of sp³-hybridized carbons (Fsp3) is 0.208. The van der Waals surface area contributed by atoms with Gasteiger partial charge in [0.05, 0.1) is 0 Å². The predicted molar refractivity (Wildman–Crippen MR) is 225 cm³/mol. The number of furan rings is 1. The third-order valence-electron chi connectivity index (χ3n) is 15.1. The van der Waals surface area contributed by atoms with Crippen LogP contribution in [0.4, 0.5) is 17.1 Å². The molecular weight excluding hydrogens is 667 g/mol. The van der Waals surface area contributed by atoms with Gasteiger partial charge in [-0.05, 0) is 154 Å². The van der Waals surface area contributed by atoms with Crippen LogP contribution in [-0.4, -0.2) is 0 Å². The molecule has 6 aliphatic carbocycles. The van der Waals surface area contributed by atoms with Crippen molar-refractivity contribution in [2.75, 3.05) is 4.90 Å². The van der Waals surface area contributed by atoms with Crippen molar-refractivity contribution in [3.05, 3.63) is 175 Å². The van der Waals surface area contributed by atoms with Gasteiger partial charge >= 0.3 is 0 Å². The van der Waals surface area contributed by atoms with Crippen LogP contribution in [-0.2, 0) is 5.41 Å². The lowest BCUT2D eigenvalue weighted by molar-refractivity contribution is -0.140. The lowest BCUT2D eigenvalue weighted by Gasteiger charge is -2.67. The van der Waals surface area contributed by atoms with Crippen LogP contribution >= 0.6 is 0 Å². The second-order valence-electron chi connectivity index (χ2n) is 17.4. The largest absolute Gasteiger partial charge is 0.456 e. The van der Waals surface area contributed by atoms with E-state index in [1.807, 2.05) is 6.07 Å². The lowest BCUT2D eigenvalue weighted by Crippen LogP contribution is -2.62. The first-order chi connectivity index (χ1) is 27.2. The average Bonchev–Trinajstić information content (AvgIpc) is 3.75. The Hall–Kier alpha value is -5.86. The first-order valence-electron chi connectivity index (χ1n) is 20.4. The van der Waals surface area contributed by atoms with Gasteiger partial charge in [-0.1, -0.05) is 109 Å². The Labute approximate surface area is 322 Å². The van der Waals surface area contributed by atoms with Gasteiger partial charge < -0.3 is 9.32 Å². The van der Waals surface area contributed by atoms with E-state index in [1.54, 1.807) is 11.1 Å². The van der Waals surface area contributed by atoms with E-state index in [0.29, 0.717) is 5.41 Å². The molecule has 4 bridgehead atoms. The molecule has 0 saturated heterocycles. The average molecular weight is 708 g/mol. The zero-order valence-corrected chi connectivity index (χ0v) is 30.8. The maximum absolute atomic E-state index is 6.40. The molecule has 1 heterocycles. The number of benzene rings is 7. The molecule has 0 radical (unpaired) electrons. The van der Waals surface area contributed by atoms with Crippen molar-refractivity contribution in [2.24, 2.45) is 29.1 Å². The first kappa shape index (κ1) is 30.5. The van der Waals surface area contributed by atoms with Gasteiger partial charge in [0, 0.05) is 39.3 Å². The molecule has 1 aromatic heterocycles. The molecule has 0 amide bonds. The van der Waals surface area contributed by atoms with Gasteiger partial charge in [-0.25, -0.2) is 0 Å². The molecule has 5 fully saturated rings. The van der Waals surface area contributed by atoms with Crippen molar-refractivity contribution in [1.82, 2.24) is 0 Å². The molecule has 55 heavy (non-hydrogen) atoms. The van der Waals surface area contributed by atoms with E-state index in [0.717, 1.165) is 62.7 Å². The fourth-order valence-electron chi connectivity index (χ4n) is 13.3. The summed E-state index contributed by atoms with van der Waals surface area (Å²) in [6.45, 7) is 0. The summed E-state index contributed by atoms with van der Waals surface area (Å²) in [4.78, 5) is 2.36. The minimum absolute atomic E-state index is 0.185. The van der Waals surface area contributed by atoms with Gasteiger partial charge in [-0.3, -0.25) is 0 Å². The second kappa shape index (κ2) is 10.9. The summed E-state index contributed by atoms with van der Waals surface area (Å²) in [5.74, 6) is 3.62. The Morgan fingerprint density at radius 2 is 1.13 bits per heavy atom. The molecule has 14 rings (SSSR count). The lowest BCUT2D eigenvalue weighted by atomic mass is 9.36. The van der Waals surface area contributed by atoms with Crippen molar-refractivity contribution < 1.29 is 4.42 Å². The van der Waals surface area contributed by atoms with E-state index in [9.17, 15) is 0 Å². The van der Waals surface area contributed by atoms with E-state index >= 15 is 0 Å². The van der Waals surface area contributed by atoms with Crippen LogP contribution in [0.3, 0.4) is 0 Å². The Morgan fingerprint density at radius 1 is 0.473 bits per heavy atom. The van der Waals surface area contributed by atoms with Gasteiger partial charge in [0.2, 0.25) is 0 Å². The third kappa shape index (κ3) is 3.95. The Morgan fingerprint density at radius 3 is 1.96 bits per heavy atom. The number of nitrogens with zero attached hydrogens (tertiary/aromatic N) is 1. The monoisotopic (exact) mass is 707 g/mol. The summed E-state index contributed by atoms with van der Waals surface area (Å²) < 4.78 is 6.40. The zero-order chi connectivity index (χ0) is 35.9. The molecule has 7 aromatic carbocycles. The highest BCUT2D eigenvalue weighted by molar-refractivity contribution is 6.06. The summed E-state index contributed by atoms with van der Waals surface area (Å²) in [6, 6.07) is 60.8. The Balaban J connectivity index is 0.916. The summed E-state index contributed by atoms with van der Waals surface area (Å²) in [6.07, 6.45) is 7.25. The van der Waals surface area contributed by atoms with Gasteiger partial charge in [0.1, 0.15) is 11.2 Å². The molecule has 5 saturated carbocycles. The number of hydrogen-bond donors (Lipinski definition) is 0. The maximum atomic E-state index is 6.40. The normalized spacial score (nSPS) is 26.3. The highest BCUT2D eigenvalue weighted by Gasteiger charge is 2.78. The van der Waals surface area contributed by atoms with Crippen LogP contribution in [0.1, 0.15) is 43.2 Å². The molecule has 2 heteroatoms. The summed E-state index contributed by atoms with van der Waals surface area (Å²) >= 11 is 0. The van der Waals surface area contributed by atoms with Crippen LogP contribution < -0.4 is 4.90 Å². The van der Waals surface area contributed by atoms with Crippen LogP contribution in [0, 0.1) is 29.1 Å². The van der Waals surface area contributed by atoms with Gasteiger partial charge in [-0.2, -0.15) is 0 Å². The fourth-order valence-corrected chi connectivity index (χ4v) is 13.3. The minimum atomic E-state index is 0.185. The van der Waals surface area contributed by atoms with E-state index in [-0.39, 0.29) is 5.41 Å². The topological polar surface area (TPSA) is 16.4 Å². The second-order valence-corrected chi connectivity index (χ2v) is 17.4. The Kier molecular flexibility index (Phi) is 6.03. The van der Waals surface area contributed by atoms with Crippen molar-refractivity contribution in [3.8, 4) is 33.4 Å². The molecule has 0 N–H and O–H groups in total. The van der Waals surface area contributed by atoms with E-state index in [2.05, 4.69) is 163 Å². The molecule has 0 aliphatic heterocycles. The smallest absolute Gasteiger partial charge is 0.137 e. The van der Waals surface area contributed by atoms with Gasteiger partial charge in [-0.15, -0.1) is 0 Å². The summed E-state index contributed by atoms with van der Waals surface area (Å²) in [5, 5.41) is 2.29. The molecular formula is C53H41NO. The number of para-hydroxylation sites is 1. The molecule has 6 unspecified atom stereocenters. The molecule has 8 aromatic rings. The van der Waals surface area contributed by atoms with Gasteiger partial charge in [0.15, 0.2) is 0 Å². The zero-order valence-electron chi connectivity index (χ0n) is 30.8. The Bertz CT molecular complexity index is 2830. The van der Waals surface area contributed by atoms with Crippen LogP contribution in [0.25, 0.3) is 55.3 Å². The highest BCUT2D eigenvalue weighted by atomic mass is 16.3. The molecule has 2 spiro atoms. The van der Waals surface area contributed by atoms with Crippen molar-refractivity contribution in [1.29, 1.82) is 0 Å². The molecule has 264 valence electrons. The molecule has 6 atom stereocenters.